The lowest BCUT2D eigenvalue weighted by Gasteiger charge is -2.30. The molecule has 7 heteroatoms. The summed E-state index contributed by atoms with van der Waals surface area (Å²) < 4.78 is 0. The molecule has 0 aromatic carbocycles. The van der Waals surface area contributed by atoms with Gasteiger partial charge < -0.3 is 14.7 Å². The van der Waals surface area contributed by atoms with Crippen molar-refractivity contribution in [3.05, 3.63) is 5.28 Å². The van der Waals surface area contributed by atoms with Gasteiger partial charge >= 0.3 is 0 Å². The molecule has 1 aromatic rings. The van der Waals surface area contributed by atoms with E-state index in [1.807, 2.05) is 0 Å². The number of hydrogen-bond acceptors (Lipinski definition) is 6. The van der Waals surface area contributed by atoms with Gasteiger partial charge in [-0.3, -0.25) is 0 Å². The summed E-state index contributed by atoms with van der Waals surface area (Å²) in [6, 6.07) is 0.315. The third kappa shape index (κ3) is 4.17. The van der Waals surface area contributed by atoms with Crippen molar-refractivity contribution in [1.82, 2.24) is 19.9 Å². The molecule has 0 saturated carbocycles. The standard InChI is InChI=1S/C14H25ClN6/c1-5-21(11(2)10-19(3)4)14-17-12(15)16-13(18-14)20-8-6-7-9-20/h11H,5-10H2,1-4H3. The van der Waals surface area contributed by atoms with E-state index in [0.29, 0.717) is 17.9 Å². The second kappa shape index (κ2) is 7.22. The van der Waals surface area contributed by atoms with Crippen LogP contribution in [0.3, 0.4) is 0 Å². The zero-order valence-corrected chi connectivity index (χ0v) is 14.1. The van der Waals surface area contributed by atoms with Crippen molar-refractivity contribution in [3.8, 4) is 0 Å². The van der Waals surface area contributed by atoms with Crippen LogP contribution in [0.25, 0.3) is 0 Å². The van der Waals surface area contributed by atoms with Crippen LogP contribution in [0.4, 0.5) is 11.9 Å². The Morgan fingerprint density at radius 1 is 1.19 bits per heavy atom. The topological polar surface area (TPSA) is 48.4 Å². The molecule has 0 bridgehead atoms. The molecule has 0 aliphatic carbocycles. The van der Waals surface area contributed by atoms with Gasteiger partial charge in [0.1, 0.15) is 0 Å². The van der Waals surface area contributed by atoms with Crippen LogP contribution < -0.4 is 9.80 Å². The molecule has 1 aliphatic rings. The Balaban J connectivity index is 2.23. The third-order valence-corrected chi connectivity index (χ3v) is 3.90. The van der Waals surface area contributed by atoms with Gasteiger partial charge in [-0.1, -0.05) is 0 Å². The van der Waals surface area contributed by atoms with E-state index in [1.54, 1.807) is 0 Å². The van der Waals surface area contributed by atoms with E-state index in [1.165, 1.54) is 12.8 Å². The highest BCUT2D eigenvalue weighted by molar-refractivity contribution is 6.28. The van der Waals surface area contributed by atoms with Gasteiger partial charge in [0.15, 0.2) is 0 Å². The SMILES string of the molecule is CCN(c1nc(Cl)nc(N2CCCC2)n1)C(C)CN(C)C. The second-order valence-corrected chi connectivity index (χ2v) is 6.13. The van der Waals surface area contributed by atoms with Gasteiger partial charge in [-0.2, -0.15) is 15.0 Å². The molecule has 21 heavy (non-hydrogen) atoms. The van der Waals surface area contributed by atoms with E-state index in [0.717, 1.165) is 26.2 Å². The Labute approximate surface area is 132 Å². The molecule has 1 saturated heterocycles. The highest BCUT2D eigenvalue weighted by Crippen LogP contribution is 2.21. The Morgan fingerprint density at radius 2 is 1.86 bits per heavy atom. The normalized spacial score (nSPS) is 16.6. The fourth-order valence-electron chi connectivity index (χ4n) is 2.79. The van der Waals surface area contributed by atoms with Crippen LogP contribution in [0, 0.1) is 0 Å². The number of halogens is 1. The predicted octanol–water partition coefficient (Wildman–Crippen LogP) is 1.90. The van der Waals surface area contributed by atoms with E-state index < -0.39 is 0 Å². The Hall–Kier alpha value is -1.14. The number of likely N-dealkylation sites (N-methyl/N-ethyl adjacent to an activating group) is 2. The molecule has 1 atom stereocenters. The lowest BCUT2D eigenvalue weighted by Crippen LogP contribution is -2.41. The largest absolute Gasteiger partial charge is 0.341 e. The van der Waals surface area contributed by atoms with Crippen LogP contribution >= 0.6 is 11.6 Å². The van der Waals surface area contributed by atoms with Crippen LogP contribution in [0.1, 0.15) is 26.7 Å². The molecule has 0 radical (unpaired) electrons. The van der Waals surface area contributed by atoms with Gasteiger partial charge in [-0.05, 0) is 52.4 Å². The van der Waals surface area contributed by atoms with Gasteiger partial charge in [0.05, 0.1) is 0 Å². The fourth-order valence-corrected chi connectivity index (χ4v) is 2.94. The summed E-state index contributed by atoms with van der Waals surface area (Å²) >= 11 is 6.11. The van der Waals surface area contributed by atoms with E-state index in [4.69, 9.17) is 11.6 Å². The maximum atomic E-state index is 6.11. The van der Waals surface area contributed by atoms with Gasteiger partial charge in [-0.25, -0.2) is 0 Å². The van der Waals surface area contributed by atoms with Crippen LogP contribution in [-0.4, -0.2) is 66.2 Å². The van der Waals surface area contributed by atoms with Crippen LogP contribution in [0.15, 0.2) is 0 Å². The molecule has 2 heterocycles. The first-order chi connectivity index (χ1) is 10.0. The molecule has 118 valence electrons. The minimum absolute atomic E-state index is 0.275. The second-order valence-electron chi connectivity index (χ2n) is 5.80. The summed E-state index contributed by atoms with van der Waals surface area (Å²) in [5.74, 6) is 1.38. The summed E-state index contributed by atoms with van der Waals surface area (Å²) in [5.41, 5.74) is 0. The van der Waals surface area contributed by atoms with Crippen molar-refractivity contribution in [2.75, 3.05) is 50.1 Å². The van der Waals surface area contributed by atoms with E-state index in [9.17, 15) is 0 Å². The minimum Gasteiger partial charge on any atom is -0.341 e. The zero-order valence-electron chi connectivity index (χ0n) is 13.4. The van der Waals surface area contributed by atoms with E-state index in [2.05, 4.69) is 57.6 Å². The molecule has 0 N–H and O–H groups in total. The highest BCUT2D eigenvalue weighted by atomic mass is 35.5. The summed E-state index contributed by atoms with van der Waals surface area (Å²) in [4.78, 5) is 19.8. The zero-order chi connectivity index (χ0) is 15.4. The highest BCUT2D eigenvalue weighted by Gasteiger charge is 2.21. The number of nitrogens with zero attached hydrogens (tertiary/aromatic N) is 6. The van der Waals surface area contributed by atoms with Gasteiger partial charge in [-0.15, -0.1) is 0 Å². The summed E-state index contributed by atoms with van der Waals surface area (Å²) in [7, 11) is 4.14. The molecule has 1 aromatic heterocycles. The maximum Gasteiger partial charge on any atom is 0.231 e. The lowest BCUT2D eigenvalue weighted by molar-refractivity contribution is 0.371. The molecule has 1 fully saturated rings. The smallest absolute Gasteiger partial charge is 0.231 e. The van der Waals surface area contributed by atoms with Crippen molar-refractivity contribution in [2.45, 2.75) is 32.7 Å². The molecular weight excluding hydrogens is 288 g/mol. The van der Waals surface area contributed by atoms with Gasteiger partial charge in [0.25, 0.3) is 0 Å². The summed E-state index contributed by atoms with van der Waals surface area (Å²) in [6.07, 6.45) is 2.38. The van der Waals surface area contributed by atoms with Crippen molar-refractivity contribution in [1.29, 1.82) is 0 Å². The summed E-state index contributed by atoms with van der Waals surface area (Å²) in [5, 5.41) is 0.275. The monoisotopic (exact) mass is 312 g/mol. The number of anilines is 2. The Kier molecular flexibility index (Phi) is 5.58. The van der Waals surface area contributed by atoms with Crippen molar-refractivity contribution < 1.29 is 0 Å². The first-order valence-corrected chi connectivity index (χ1v) is 7.97. The minimum atomic E-state index is 0.275. The molecule has 6 nitrogen and oxygen atoms in total. The molecule has 0 spiro atoms. The Bertz CT molecular complexity index is 461. The van der Waals surface area contributed by atoms with Crippen LogP contribution in [-0.2, 0) is 0 Å². The van der Waals surface area contributed by atoms with Gasteiger partial charge in [0.2, 0.25) is 17.2 Å². The molecule has 2 rings (SSSR count). The van der Waals surface area contributed by atoms with E-state index >= 15 is 0 Å². The number of rotatable bonds is 6. The number of hydrogen-bond donors (Lipinski definition) is 0. The quantitative estimate of drug-likeness (QED) is 0.799. The van der Waals surface area contributed by atoms with Crippen molar-refractivity contribution >= 4 is 23.5 Å². The molecule has 1 aliphatic heterocycles. The Morgan fingerprint density at radius 3 is 2.43 bits per heavy atom. The first kappa shape index (κ1) is 16.2. The predicted molar refractivity (Wildman–Crippen MR) is 87.3 cm³/mol. The average molecular weight is 313 g/mol. The van der Waals surface area contributed by atoms with Crippen molar-refractivity contribution in [3.63, 3.8) is 0 Å². The summed E-state index contributed by atoms with van der Waals surface area (Å²) in [6.45, 7) is 8.07. The van der Waals surface area contributed by atoms with Crippen LogP contribution in [0.2, 0.25) is 5.28 Å². The van der Waals surface area contributed by atoms with Gasteiger partial charge in [0, 0.05) is 32.2 Å². The third-order valence-electron chi connectivity index (χ3n) is 3.73. The molecule has 1 unspecified atom stereocenters. The molecule has 0 amide bonds. The van der Waals surface area contributed by atoms with Crippen LogP contribution in [0.5, 0.6) is 0 Å². The number of aromatic nitrogens is 3. The van der Waals surface area contributed by atoms with E-state index in [-0.39, 0.29) is 5.28 Å². The average Bonchev–Trinajstić information content (AvgIpc) is 2.91. The molecular formula is C14H25ClN6. The lowest BCUT2D eigenvalue weighted by atomic mass is 10.3. The maximum absolute atomic E-state index is 6.11. The first-order valence-electron chi connectivity index (χ1n) is 7.59. The van der Waals surface area contributed by atoms with Crippen molar-refractivity contribution in [2.24, 2.45) is 0 Å². The fraction of sp³-hybridized carbons (Fsp3) is 0.786.